The fourth-order valence-corrected chi connectivity index (χ4v) is 1.86. The van der Waals surface area contributed by atoms with E-state index in [0.29, 0.717) is 4.99 Å². The normalized spacial score (nSPS) is 10.2. The van der Waals surface area contributed by atoms with Crippen molar-refractivity contribution in [3.8, 4) is 0 Å². The summed E-state index contributed by atoms with van der Waals surface area (Å²) < 4.78 is 0. The molecule has 1 rings (SSSR count). The lowest BCUT2D eigenvalue weighted by atomic mass is 10.1. The van der Waals surface area contributed by atoms with Crippen molar-refractivity contribution >= 4 is 28.8 Å². The molecule has 5 heteroatoms. The van der Waals surface area contributed by atoms with Crippen molar-refractivity contribution in [3.05, 3.63) is 29.8 Å². The van der Waals surface area contributed by atoms with E-state index in [0.717, 1.165) is 11.3 Å². The van der Waals surface area contributed by atoms with Gasteiger partial charge in [-0.25, -0.2) is 0 Å². The first-order valence-electron chi connectivity index (χ1n) is 5.81. The number of carbonyl (C=O) groups is 1. The summed E-state index contributed by atoms with van der Waals surface area (Å²) in [5.41, 5.74) is 7.32. The average Bonchev–Trinajstić information content (AvgIpc) is 2.27. The number of para-hydroxylation sites is 1. The number of nitrogens with zero attached hydrogens (tertiary/aromatic N) is 1. The molecule has 0 bridgehead atoms. The Morgan fingerprint density at radius 2 is 2.06 bits per heavy atom. The molecule has 0 saturated carbocycles. The van der Waals surface area contributed by atoms with Crippen LogP contribution in [0.4, 0.5) is 5.69 Å². The van der Waals surface area contributed by atoms with Gasteiger partial charge in [-0.3, -0.25) is 4.79 Å². The van der Waals surface area contributed by atoms with Gasteiger partial charge in [0.2, 0.25) is 5.91 Å². The van der Waals surface area contributed by atoms with E-state index in [9.17, 15) is 4.79 Å². The zero-order chi connectivity index (χ0) is 13.7. The Bertz CT molecular complexity index is 446. The summed E-state index contributed by atoms with van der Waals surface area (Å²) in [4.78, 5) is 13.9. The third-order valence-electron chi connectivity index (χ3n) is 2.41. The number of nitrogens with one attached hydrogen (secondary N) is 1. The summed E-state index contributed by atoms with van der Waals surface area (Å²) in [5.74, 6) is -0.0229. The molecule has 1 aromatic rings. The molecule has 1 amide bonds. The Balaban J connectivity index is 2.81. The standard InChI is InChI=1S/C13H19N3OS/c1-9(2)15-12(17)8-16(3)11-7-5-4-6-10(11)13(14)18/h4-7,9H,8H2,1-3H3,(H2,14,18)(H,15,17). The zero-order valence-corrected chi connectivity index (χ0v) is 11.8. The van der Waals surface area contributed by atoms with E-state index < -0.39 is 0 Å². The van der Waals surface area contributed by atoms with E-state index in [-0.39, 0.29) is 18.5 Å². The average molecular weight is 265 g/mol. The molecular formula is C13H19N3OS. The molecule has 4 nitrogen and oxygen atoms in total. The lowest BCUT2D eigenvalue weighted by Gasteiger charge is -2.22. The molecule has 98 valence electrons. The first kappa shape index (κ1) is 14.4. The molecule has 0 aliphatic heterocycles. The number of rotatable bonds is 5. The lowest BCUT2D eigenvalue weighted by molar-refractivity contribution is -0.120. The summed E-state index contributed by atoms with van der Waals surface area (Å²) in [5, 5.41) is 2.85. The van der Waals surface area contributed by atoms with Crippen LogP contribution in [-0.4, -0.2) is 30.5 Å². The molecule has 3 N–H and O–H groups in total. The van der Waals surface area contributed by atoms with Crippen LogP contribution < -0.4 is 16.0 Å². The van der Waals surface area contributed by atoms with E-state index in [2.05, 4.69) is 5.32 Å². The van der Waals surface area contributed by atoms with Crippen LogP contribution in [0.1, 0.15) is 19.4 Å². The maximum atomic E-state index is 11.7. The van der Waals surface area contributed by atoms with Gasteiger partial charge < -0.3 is 16.0 Å². The van der Waals surface area contributed by atoms with Gasteiger partial charge in [-0.2, -0.15) is 0 Å². The Morgan fingerprint density at radius 3 is 2.61 bits per heavy atom. The second-order valence-corrected chi connectivity index (χ2v) is 4.90. The molecular weight excluding hydrogens is 246 g/mol. The molecule has 1 aromatic carbocycles. The second kappa shape index (κ2) is 6.35. The Hall–Kier alpha value is -1.62. The van der Waals surface area contributed by atoms with Gasteiger partial charge in [-0.05, 0) is 26.0 Å². The van der Waals surface area contributed by atoms with E-state index in [1.807, 2.05) is 50.1 Å². The fraction of sp³-hybridized carbons (Fsp3) is 0.385. The Morgan fingerprint density at radius 1 is 1.44 bits per heavy atom. The van der Waals surface area contributed by atoms with Crippen molar-refractivity contribution in [1.29, 1.82) is 0 Å². The van der Waals surface area contributed by atoms with Crippen LogP contribution in [0.25, 0.3) is 0 Å². The molecule has 0 spiro atoms. The SMILES string of the molecule is CC(C)NC(=O)CN(C)c1ccccc1C(N)=S. The highest BCUT2D eigenvalue weighted by molar-refractivity contribution is 7.80. The monoisotopic (exact) mass is 265 g/mol. The van der Waals surface area contributed by atoms with Gasteiger partial charge in [0.15, 0.2) is 0 Å². The van der Waals surface area contributed by atoms with Crippen LogP contribution in [0, 0.1) is 0 Å². The molecule has 18 heavy (non-hydrogen) atoms. The predicted octanol–water partition coefficient (Wildman–Crippen LogP) is 1.28. The van der Waals surface area contributed by atoms with Gasteiger partial charge in [-0.15, -0.1) is 0 Å². The highest BCUT2D eigenvalue weighted by Crippen LogP contribution is 2.18. The Kier molecular flexibility index (Phi) is 5.09. The number of benzene rings is 1. The molecule has 0 saturated heterocycles. The smallest absolute Gasteiger partial charge is 0.239 e. The van der Waals surface area contributed by atoms with Gasteiger partial charge in [0, 0.05) is 24.3 Å². The number of nitrogens with two attached hydrogens (primary N) is 1. The topological polar surface area (TPSA) is 58.4 Å². The van der Waals surface area contributed by atoms with Crippen molar-refractivity contribution in [2.45, 2.75) is 19.9 Å². The maximum Gasteiger partial charge on any atom is 0.239 e. The highest BCUT2D eigenvalue weighted by atomic mass is 32.1. The minimum Gasteiger partial charge on any atom is -0.389 e. The number of hydrogen-bond acceptors (Lipinski definition) is 3. The molecule has 0 fully saturated rings. The number of thiocarbonyl (C=S) groups is 1. The Labute approximate surface area is 113 Å². The van der Waals surface area contributed by atoms with Crippen molar-refractivity contribution in [1.82, 2.24) is 5.32 Å². The molecule has 0 radical (unpaired) electrons. The van der Waals surface area contributed by atoms with Gasteiger partial charge in [0.05, 0.1) is 6.54 Å². The first-order valence-corrected chi connectivity index (χ1v) is 6.22. The molecule has 0 atom stereocenters. The van der Waals surface area contributed by atoms with Crippen molar-refractivity contribution in [3.63, 3.8) is 0 Å². The predicted molar refractivity (Wildman–Crippen MR) is 78.9 cm³/mol. The van der Waals surface area contributed by atoms with E-state index in [1.54, 1.807) is 0 Å². The minimum atomic E-state index is -0.0229. The van der Waals surface area contributed by atoms with E-state index >= 15 is 0 Å². The molecule has 0 unspecified atom stereocenters. The van der Waals surface area contributed by atoms with Crippen molar-refractivity contribution < 1.29 is 4.79 Å². The first-order chi connectivity index (χ1) is 8.41. The molecule has 0 heterocycles. The van der Waals surface area contributed by atoms with Crippen molar-refractivity contribution in [2.75, 3.05) is 18.5 Å². The summed E-state index contributed by atoms with van der Waals surface area (Å²) >= 11 is 5.00. The fourth-order valence-electron chi connectivity index (χ4n) is 1.68. The molecule has 0 aliphatic rings. The quantitative estimate of drug-likeness (QED) is 0.788. The third-order valence-corrected chi connectivity index (χ3v) is 2.63. The van der Waals surface area contributed by atoms with E-state index in [4.69, 9.17) is 18.0 Å². The number of hydrogen-bond donors (Lipinski definition) is 2. The van der Waals surface area contributed by atoms with Crippen LogP contribution >= 0.6 is 12.2 Å². The number of likely N-dealkylation sites (N-methyl/N-ethyl adjacent to an activating group) is 1. The largest absolute Gasteiger partial charge is 0.389 e. The zero-order valence-electron chi connectivity index (χ0n) is 10.9. The number of amides is 1. The molecule has 0 aliphatic carbocycles. The van der Waals surface area contributed by atoms with Crippen LogP contribution in [0.2, 0.25) is 0 Å². The van der Waals surface area contributed by atoms with Gasteiger partial charge in [0.25, 0.3) is 0 Å². The van der Waals surface area contributed by atoms with Crippen LogP contribution in [-0.2, 0) is 4.79 Å². The molecule has 0 aromatic heterocycles. The van der Waals surface area contributed by atoms with Crippen molar-refractivity contribution in [2.24, 2.45) is 5.73 Å². The minimum absolute atomic E-state index is 0.0229. The number of anilines is 1. The number of carbonyl (C=O) groups excluding carboxylic acids is 1. The summed E-state index contributed by atoms with van der Waals surface area (Å²) in [7, 11) is 1.84. The van der Waals surface area contributed by atoms with Crippen LogP contribution in [0.15, 0.2) is 24.3 Å². The van der Waals surface area contributed by atoms with Crippen LogP contribution in [0.5, 0.6) is 0 Å². The van der Waals surface area contributed by atoms with Crippen LogP contribution in [0.3, 0.4) is 0 Å². The summed E-state index contributed by atoms with van der Waals surface area (Å²) in [6, 6.07) is 7.66. The van der Waals surface area contributed by atoms with Gasteiger partial charge in [-0.1, -0.05) is 24.4 Å². The third kappa shape index (κ3) is 4.00. The summed E-state index contributed by atoms with van der Waals surface area (Å²) in [6.45, 7) is 4.14. The highest BCUT2D eigenvalue weighted by Gasteiger charge is 2.12. The van der Waals surface area contributed by atoms with Gasteiger partial charge in [0.1, 0.15) is 4.99 Å². The summed E-state index contributed by atoms with van der Waals surface area (Å²) in [6.07, 6.45) is 0. The van der Waals surface area contributed by atoms with Gasteiger partial charge >= 0.3 is 0 Å². The van der Waals surface area contributed by atoms with E-state index in [1.165, 1.54) is 0 Å². The lowest BCUT2D eigenvalue weighted by Crippen LogP contribution is -2.39. The second-order valence-electron chi connectivity index (χ2n) is 4.46. The maximum absolute atomic E-state index is 11.7.